The highest BCUT2D eigenvalue weighted by atomic mass is 35.5. The number of oxazole rings is 1. The van der Waals surface area contributed by atoms with Gasteiger partial charge < -0.3 is 9.73 Å². The number of anilines is 1. The molecule has 2 aromatic carbocycles. The molecule has 3 rings (SSSR count). The summed E-state index contributed by atoms with van der Waals surface area (Å²) in [5.41, 5.74) is 1.97. The van der Waals surface area contributed by atoms with Crippen molar-refractivity contribution in [3.8, 4) is 0 Å². The summed E-state index contributed by atoms with van der Waals surface area (Å²) in [6.07, 6.45) is 0. The van der Waals surface area contributed by atoms with Crippen molar-refractivity contribution in [1.29, 1.82) is 0 Å². The maximum absolute atomic E-state index is 11.9. The molecule has 0 atom stereocenters. The summed E-state index contributed by atoms with van der Waals surface area (Å²) in [5, 5.41) is 4.34. The fourth-order valence-corrected chi connectivity index (χ4v) is 2.82. The molecule has 3 aromatic rings. The van der Waals surface area contributed by atoms with Gasteiger partial charge in [0.25, 0.3) is 5.22 Å². The molecule has 0 saturated carbocycles. The Morgan fingerprint density at radius 1 is 1.18 bits per heavy atom. The van der Waals surface area contributed by atoms with Crippen molar-refractivity contribution in [3.05, 3.63) is 52.5 Å². The number of halogens is 2. The lowest BCUT2D eigenvalue weighted by molar-refractivity contribution is -0.113. The van der Waals surface area contributed by atoms with Gasteiger partial charge in [-0.25, -0.2) is 4.98 Å². The molecule has 0 unspecified atom stereocenters. The summed E-state index contributed by atoms with van der Waals surface area (Å²) in [4.78, 5) is 16.2. The van der Waals surface area contributed by atoms with Gasteiger partial charge in [0.2, 0.25) is 5.91 Å². The first-order valence-corrected chi connectivity index (χ1v) is 8.08. The van der Waals surface area contributed by atoms with Gasteiger partial charge in [0, 0.05) is 21.8 Å². The Balaban J connectivity index is 1.62. The maximum Gasteiger partial charge on any atom is 0.257 e. The molecule has 0 radical (unpaired) electrons. The van der Waals surface area contributed by atoms with Crippen LogP contribution in [0.1, 0.15) is 0 Å². The summed E-state index contributed by atoms with van der Waals surface area (Å²) < 4.78 is 5.53. The summed E-state index contributed by atoms with van der Waals surface area (Å²) in [6.45, 7) is 0. The maximum atomic E-state index is 11.9. The molecular weight excluding hydrogens is 343 g/mol. The van der Waals surface area contributed by atoms with Crippen LogP contribution in [-0.4, -0.2) is 16.6 Å². The quantitative estimate of drug-likeness (QED) is 0.680. The number of benzene rings is 2. The Morgan fingerprint density at radius 2 is 2.00 bits per heavy atom. The summed E-state index contributed by atoms with van der Waals surface area (Å²) in [7, 11) is 0. The van der Waals surface area contributed by atoms with Crippen LogP contribution in [0.5, 0.6) is 0 Å². The lowest BCUT2D eigenvalue weighted by Gasteiger charge is -2.03. The minimum absolute atomic E-state index is 0.160. The van der Waals surface area contributed by atoms with Gasteiger partial charge in [-0.3, -0.25) is 4.79 Å². The Labute approximate surface area is 140 Å². The van der Waals surface area contributed by atoms with Crippen LogP contribution in [0, 0.1) is 0 Å². The molecule has 7 heteroatoms. The Hall–Kier alpha value is -1.69. The molecule has 0 fully saturated rings. The van der Waals surface area contributed by atoms with Crippen LogP contribution in [0.3, 0.4) is 0 Å². The van der Waals surface area contributed by atoms with E-state index in [-0.39, 0.29) is 11.7 Å². The van der Waals surface area contributed by atoms with E-state index in [0.29, 0.717) is 32.1 Å². The number of carbonyl (C=O) groups excluding carboxylic acids is 1. The molecule has 0 saturated heterocycles. The zero-order chi connectivity index (χ0) is 15.5. The van der Waals surface area contributed by atoms with E-state index in [9.17, 15) is 4.79 Å². The molecule has 0 bridgehead atoms. The number of thioether (sulfide) groups is 1. The predicted molar refractivity (Wildman–Crippen MR) is 89.8 cm³/mol. The van der Waals surface area contributed by atoms with E-state index < -0.39 is 0 Å². The minimum Gasteiger partial charge on any atom is -0.431 e. The second-order valence-corrected chi connectivity index (χ2v) is 6.24. The summed E-state index contributed by atoms with van der Waals surface area (Å²) in [6, 6.07) is 12.2. The van der Waals surface area contributed by atoms with Crippen LogP contribution < -0.4 is 5.32 Å². The number of fused-ring (bicyclic) bond motifs is 1. The van der Waals surface area contributed by atoms with Crippen LogP contribution in [0.4, 0.5) is 5.69 Å². The van der Waals surface area contributed by atoms with Crippen molar-refractivity contribution >= 4 is 57.7 Å². The molecule has 0 aliphatic rings. The first-order chi connectivity index (χ1) is 10.6. The van der Waals surface area contributed by atoms with Gasteiger partial charge in [-0.05, 0) is 30.3 Å². The third-order valence-corrected chi connectivity index (χ3v) is 4.06. The lowest BCUT2D eigenvalue weighted by Crippen LogP contribution is -2.13. The largest absolute Gasteiger partial charge is 0.431 e. The summed E-state index contributed by atoms with van der Waals surface area (Å²) in [5.74, 6) is 0.0279. The number of nitrogens with one attached hydrogen (secondary N) is 1. The molecule has 1 amide bonds. The zero-order valence-corrected chi connectivity index (χ0v) is 13.5. The average Bonchev–Trinajstić information content (AvgIpc) is 2.87. The molecule has 112 valence electrons. The normalized spacial score (nSPS) is 10.8. The fourth-order valence-electron chi connectivity index (χ4n) is 1.83. The molecule has 22 heavy (non-hydrogen) atoms. The second kappa shape index (κ2) is 6.60. The lowest BCUT2D eigenvalue weighted by atomic mass is 10.3. The predicted octanol–water partition coefficient (Wildman–Crippen LogP) is 4.87. The monoisotopic (exact) mass is 352 g/mol. The van der Waals surface area contributed by atoms with E-state index >= 15 is 0 Å². The number of amides is 1. The number of hydrogen-bond acceptors (Lipinski definition) is 4. The van der Waals surface area contributed by atoms with Crippen LogP contribution >= 0.6 is 35.0 Å². The van der Waals surface area contributed by atoms with Crippen molar-refractivity contribution in [2.24, 2.45) is 0 Å². The molecule has 1 N–H and O–H groups in total. The van der Waals surface area contributed by atoms with Gasteiger partial charge >= 0.3 is 0 Å². The number of carbonyl (C=O) groups is 1. The summed E-state index contributed by atoms with van der Waals surface area (Å²) >= 11 is 13.0. The van der Waals surface area contributed by atoms with Crippen LogP contribution in [0.2, 0.25) is 10.0 Å². The van der Waals surface area contributed by atoms with Gasteiger partial charge in [0.1, 0.15) is 5.52 Å². The van der Waals surface area contributed by atoms with Crippen LogP contribution in [-0.2, 0) is 4.79 Å². The number of hydrogen-bond donors (Lipinski definition) is 1. The minimum atomic E-state index is -0.160. The van der Waals surface area contributed by atoms with E-state index in [1.165, 1.54) is 11.8 Å². The molecule has 0 aliphatic carbocycles. The first kappa shape index (κ1) is 15.2. The molecule has 1 aromatic heterocycles. The van der Waals surface area contributed by atoms with E-state index in [4.69, 9.17) is 27.6 Å². The van der Waals surface area contributed by atoms with Crippen molar-refractivity contribution in [1.82, 2.24) is 4.98 Å². The van der Waals surface area contributed by atoms with E-state index in [2.05, 4.69) is 10.3 Å². The number of rotatable bonds is 4. The van der Waals surface area contributed by atoms with Crippen LogP contribution in [0.15, 0.2) is 52.1 Å². The molecular formula is C15H10Cl2N2O2S. The van der Waals surface area contributed by atoms with Gasteiger partial charge in [-0.2, -0.15) is 0 Å². The fraction of sp³-hybridized carbons (Fsp3) is 0.0667. The van der Waals surface area contributed by atoms with Crippen molar-refractivity contribution in [3.63, 3.8) is 0 Å². The standard InChI is InChI=1S/C15H10Cl2N2O2S/c16-9-2-1-3-11(6-9)18-14(20)8-22-15-19-12-5-4-10(17)7-13(12)21-15/h1-7H,8H2,(H,18,20). The van der Waals surface area contributed by atoms with Gasteiger partial charge in [-0.15, -0.1) is 0 Å². The third-order valence-electron chi connectivity index (χ3n) is 2.77. The smallest absolute Gasteiger partial charge is 0.257 e. The number of nitrogens with zero attached hydrogens (tertiary/aromatic N) is 1. The highest BCUT2D eigenvalue weighted by Crippen LogP contribution is 2.25. The zero-order valence-electron chi connectivity index (χ0n) is 11.2. The Bertz CT molecular complexity index is 835. The van der Waals surface area contributed by atoms with Crippen molar-refractivity contribution in [2.45, 2.75) is 5.22 Å². The van der Waals surface area contributed by atoms with Crippen molar-refractivity contribution < 1.29 is 9.21 Å². The topological polar surface area (TPSA) is 55.1 Å². The van der Waals surface area contributed by atoms with Gasteiger partial charge in [0.05, 0.1) is 5.75 Å². The highest BCUT2D eigenvalue weighted by molar-refractivity contribution is 7.99. The highest BCUT2D eigenvalue weighted by Gasteiger charge is 2.10. The molecule has 1 heterocycles. The third kappa shape index (κ3) is 3.74. The molecule has 0 aliphatic heterocycles. The van der Waals surface area contributed by atoms with E-state index in [1.54, 1.807) is 42.5 Å². The SMILES string of the molecule is O=C(CSc1nc2ccc(Cl)cc2o1)Nc1cccc(Cl)c1. The molecule has 4 nitrogen and oxygen atoms in total. The van der Waals surface area contributed by atoms with Crippen molar-refractivity contribution in [2.75, 3.05) is 11.1 Å². The van der Waals surface area contributed by atoms with E-state index in [1.807, 2.05) is 0 Å². The Kier molecular flexibility index (Phi) is 4.57. The number of aromatic nitrogens is 1. The van der Waals surface area contributed by atoms with Crippen LogP contribution in [0.25, 0.3) is 11.1 Å². The molecule has 0 spiro atoms. The van der Waals surface area contributed by atoms with Gasteiger partial charge in [0.15, 0.2) is 5.58 Å². The first-order valence-electron chi connectivity index (χ1n) is 6.34. The average molecular weight is 353 g/mol. The second-order valence-electron chi connectivity index (χ2n) is 4.44. The van der Waals surface area contributed by atoms with Gasteiger partial charge in [-0.1, -0.05) is 41.0 Å². The Morgan fingerprint density at radius 3 is 2.82 bits per heavy atom. The van der Waals surface area contributed by atoms with E-state index in [0.717, 1.165) is 0 Å².